The van der Waals surface area contributed by atoms with Gasteiger partial charge in [-0.3, -0.25) is 0 Å². The number of hydrogen-bond acceptors (Lipinski definition) is 7. The Labute approximate surface area is 196 Å². The summed E-state index contributed by atoms with van der Waals surface area (Å²) in [4.78, 5) is 28.9. The number of hydrogen-bond donors (Lipinski definition) is 2. The summed E-state index contributed by atoms with van der Waals surface area (Å²) in [7, 11) is 0. The highest BCUT2D eigenvalue weighted by Gasteiger charge is 2.27. The lowest BCUT2D eigenvalue weighted by atomic mass is 9.99. The molecule has 170 valence electrons. The van der Waals surface area contributed by atoms with Crippen LogP contribution in [0.15, 0.2) is 55.0 Å². The molecule has 34 heavy (non-hydrogen) atoms. The third-order valence-corrected chi connectivity index (χ3v) is 6.19. The van der Waals surface area contributed by atoms with E-state index in [9.17, 15) is 4.79 Å². The van der Waals surface area contributed by atoms with Gasteiger partial charge in [-0.2, -0.15) is 0 Å². The van der Waals surface area contributed by atoms with E-state index < -0.39 is 6.16 Å². The van der Waals surface area contributed by atoms with Gasteiger partial charge in [-0.05, 0) is 54.5 Å². The Hall–Kier alpha value is -4.07. The van der Waals surface area contributed by atoms with Gasteiger partial charge in [0.15, 0.2) is 0 Å². The number of nitrogens with one attached hydrogen (secondary N) is 1. The second-order valence-corrected chi connectivity index (χ2v) is 8.94. The molecule has 0 aliphatic heterocycles. The highest BCUT2D eigenvalue weighted by molar-refractivity contribution is 5.92. The normalized spacial score (nSPS) is 15.3. The number of carbonyl (C=O) groups is 1. The van der Waals surface area contributed by atoms with Crippen molar-refractivity contribution in [3.8, 4) is 17.0 Å². The minimum Gasteiger partial charge on any atom is -0.449 e. The molecule has 4 aromatic rings. The largest absolute Gasteiger partial charge is 0.512 e. The Balaban J connectivity index is 1.33. The first-order valence-corrected chi connectivity index (χ1v) is 11.5. The molecule has 2 aliphatic carbocycles. The van der Waals surface area contributed by atoms with Crippen molar-refractivity contribution in [1.82, 2.24) is 19.9 Å². The zero-order valence-electron chi connectivity index (χ0n) is 18.4. The van der Waals surface area contributed by atoms with E-state index in [0.29, 0.717) is 24.1 Å². The predicted molar refractivity (Wildman–Crippen MR) is 127 cm³/mol. The first kappa shape index (κ1) is 20.5. The number of fused-ring (bicyclic) bond motifs is 1. The number of nitrogens with zero attached hydrogens (tertiary/aromatic N) is 4. The molecule has 2 fully saturated rings. The van der Waals surface area contributed by atoms with E-state index in [2.05, 4.69) is 44.5 Å². The number of benzene rings is 2. The minimum atomic E-state index is -1.39. The maximum Gasteiger partial charge on any atom is 0.512 e. The molecule has 2 heterocycles. The van der Waals surface area contributed by atoms with Crippen molar-refractivity contribution in [1.29, 1.82) is 0 Å². The lowest BCUT2D eigenvalue weighted by Crippen LogP contribution is -2.10. The smallest absolute Gasteiger partial charge is 0.449 e. The molecule has 2 saturated carbocycles. The highest BCUT2D eigenvalue weighted by atomic mass is 16.7. The van der Waals surface area contributed by atoms with Gasteiger partial charge in [0.1, 0.15) is 17.8 Å². The van der Waals surface area contributed by atoms with Crippen LogP contribution >= 0.6 is 0 Å². The summed E-state index contributed by atoms with van der Waals surface area (Å²) in [6.07, 6.45) is 6.78. The molecule has 0 spiro atoms. The molecule has 2 N–H and O–H groups in total. The number of ether oxygens (including phenoxy) is 1. The Bertz CT molecular complexity index is 1400. The fourth-order valence-electron chi connectivity index (χ4n) is 4.12. The van der Waals surface area contributed by atoms with Crippen LogP contribution in [0.4, 0.5) is 10.6 Å². The van der Waals surface area contributed by atoms with Crippen LogP contribution in [0.1, 0.15) is 48.6 Å². The zero-order valence-corrected chi connectivity index (χ0v) is 18.4. The van der Waals surface area contributed by atoms with E-state index in [-0.39, 0.29) is 5.88 Å². The molecule has 2 aromatic heterocycles. The van der Waals surface area contributed by atoms with Gasteiger partial charge in [0.05, 0.1) is 17.4 Å². The monoisotopic (exact) mass is 453 g/mol. The lowest BCUT2D eigenvalue weighted by Gasteiger charge is -2.11. The first-order valence-electron chi connectivity index (χ1n) is 11.5. The first-order chi connectivity index (χ1) is 16.6. The molecule has 0 saturated heterocycles. The van der Waals surface area contributed by atoms with Crippen molar-refractivity contribution in [3.05, 3.63) is 71.9 Å². The van der Waals surface area contributed by atoms with Crippen LogP contribution in [0.2, 0.25) is 0 Å². The molecule has 0 amide bonds. The molecular formula is C26H23N5O3. The summed E-state index contributed by atoms with van der Waals surface area (Å²) in [6.45, 7) is 0. The van der Waals surface area contributed by atoms with E-state index in [1.807, 2.05) is 18.2 Å². The quantitative estimate of drug-likeness (QED) is 0.368. The van der Waals surface area contributed by atoms with Crippen LogP contribution in [0, 0.1) is 0 Å². The highest BCUT2D eigenvalue weighted by Crippen LogP contribution is 2.39. The van der Waals surface area contributed by atoms with E-state index >= 15 is 0 Å². The van der Waals surface area contributed by atoms with Crippen LogP contribution in [0.3, 0.4) is 0 Å². The van der Waals surface area contributed by atoms with Gasteiger partial charge < -0.3 is 15.2 Å². The van der Waals surface area contributed by atoms with Crippen molar-refractivity contribution in [3.63, 3.8) is 0 Å². The molecule has 0 radical (unpaired) electrons. The SMILES string of the molecule is O=C(O)Oc1ncc(C2CC2)nc1Cc1cccc(-c2ccc3ncnc(NC4CC4)c3c2)c1. The summed E-state index contributed by atoms with van der Waals surface area (Å²) in [5, 5.41) is 13.6. The van der Waals surface area contributed by atoms with Gasteiger partial charge in [0.2, 0.25) is 5.88 Å². The third-order valence-electron chi connectivity index (χ3n) is 6.19. The third kappa shape index (κ3) is 4.39. The van der Waals surface area contributed by atoms with E-state index in [1.165, 1.54) is 12.8 Å². The maximum atomic E-state index is 11.1. The van der Waals surface area contributed by atoms with Gasteiger partial charge in [0, 0.05) is 23.8 Å². The fraction of sp³-hybridized carbons (Fsp3) is 0.269. The van der Waals surface area contributed by atoms with Crippen LogP contribution in [-0.2, 0) is 6.42 Å². The van der Waals surface area contributed by atoms with Crippen LogP contribution in [0.25, 0.3) is 22.0 Å². The molecule has 6 rings (SSSR count). The molecular weight excluding hydrogens is 430 g/mol. The van der Waals surface area contributed by atoms with Crippen molar-refractivity contribution >= 4 is 22.9 Å². The average Bonchev–Trinajstić information content (AvgIpc) is 3.75. The van der Waals surface area contributed by atoms with Gasteiger partial charge in [-0.1, -0.05) is 30.3 Å². The molecule has 8 nitrogen and oxygen atoms in total. The number of carboxylic acid groups (broad SMARTS) is 1. The molecule has 0 bridgehead atoms. The Kier molecular flexibility index (Phi) is 5.05. The van der Waals surface area contributed by atoms with Gasteiger partial charge in [0.25, 0.3) is 0 Å². The van der Waals surface area contributed by atoms with E-state index in [1.54, 1.807) is 12.5 Å². The Morgan fingerprint density at radius 2 is 1.88 bits per heavy atom. The maximum absolute atomic E-state index is 11.1. The van der Waals surface area contributed by atoms with Crippen molar-refractivity contribution < 1.29 is 14.6 Å². The summed E-state index contributed by atoms with van der Waals surface area (Å²) >= 11 is 0. The number of aromatic nitrogens is 4. The lowest BCUT2D eigenvalue weighted by molar-refractivity contribution is 0.142. The average molecular weight is 454 g/mol. The minimum absolute atomic E-state index is 0.0425. The topological polar surface area (TPSA) is 110 Å². The van der Waals surface area contributed by atoms with Gasteiger partial charge in [-0.25, -0.2) is 24.7 Å². The molecule has 0 atom stereocenters. The van der Waals surface area contributed by atoms with E-state index in [0.717, 1.165) is 51.9 Å². The molecule has 8 heteroatoms. The van der Waals surface area contributed by atoms with Crippen LogP contribution in [0.5, 0.6) is 5.88 Å². The summed E-state index contributed by atoms with van der Waals surface area (Å²) in [5.74, 6) is 1.32. The molecule has 2 aromatic carbocycles. The van der Waals surface area contributed by atoms with Gasteiger partial charge >= 0.3 is 6.16 Å². The van der Waals surface area contributed by atoms with Crippen LogP contribution < -0.4 is 10.1 Å². The summed E-state index contributed by atoms with van der Waals surface area (Å²) < 4.78 is 4.91. The summed E-state index contributed by atoms with van der Waals surface area (Å²) in [6, 6.07) is 14.8. The van der Waals surface area contributed by atoms with Crippen LogP contribution in [-0.4, -0.2) is 37.2 Å². The molecule has 0 unspecified atom stereocenters. The Morgan fingerprint density at radius 1 is 1.03 bits per heavy atom. The second kappa shape index (κ2) is 8.37. The second-order valence-electron chi connectivity index (χ2n) is 8.94. The number of rotatable bonds is 7. The van der Waals surface area contributed by atoms with Crippen molar-refractivity contribution in [2.24, 2.45) is 0 Å². The number of anilines is 1. The van der Waals surface area contributed by atoms with Gasteiger partial charge in [-0.15, -0.1) is 0 Å². The van der Waals surface area contributed by atoms with E-state index in [4.69, 9.17) is 14.8 Å². The van der Waals surface area contributed by atoms with Crippen molar-refractivity contribution in [2.45, 2.75) is 44.1 Å². The zero-order chi connectivity index (χ0) is 23.1. The summed E-state index contributed by atoms with van der Waals surface area (Å²) in [5.41, 5.74) is 5.44. The fourth-order valence-corrected chi connectivity index (χ4v) is 4.12. The van der Waals surface area contributed by atoms with Crippen molar-refractivity contribution in [2.75, 3.05) is 5.32 Å². The predicted octanol–water partition coefficient (Wildman–Crippen LogP) is 5.19. The Morgan fingerprint density at radius 3 is 2.68 bits per heavy atom. The standard InChI is InChI=1S/C26H23N5O3/c32-26(33)34-25-22(31-23(13-27-25)16-4-5-16)11-15-2-1-3-17(10-15)18-6-9-21-20(12-18)24(29-14-28-21)30-19-7-8-19/h1-3,6,9-10,12-14,16,19H,4-5,7-8,11H2,(H,32,33)(H,28,29,30). The molecule has 2 aliphatic rings.